The summed E-state index contributed by atoms with van der Waals surface area (Å²) in [7, 11) is 0. The van der Waals surface area contributed by atoms with Crippen LogP contribution in [0.2, 0.25) is 0 Å². The third-order valence-electron chi connectivity index (χ3n) is 4.03. The second-order valence-electron chi connectivity index (χ2n) is 5.84. The van der Waals surface area contributed by atoms with Crippen LogP contribution in [-0.4, -0.2) is 22.0 Å². The lowest BCUT2D eigenvalue weighted by Crippen LogP contribution is -2.18. The highest BCUT2D eigenvalue weighted by atomic mass is 16.4. The number of amides is 1. The number of hydrogen-bond donors (Lipinski definition) is 2. The number of carboxylic acids is 1. The second-order valence-corrected chi connectivity index (χ2v) is 5.84. The fourth-order valence-corrected chi connectivity index (χ4v) is 2.87. The molecule has 0 radical (unpaired) electrons. The SMILES string of the molecule is O=C(O)C[C@H](CC(=O)Nc1cccc2cccnc12)c1ccccc1. The molecule has 25 heavy (non-hydrogen) atoms. The van der Waals surface area contributed by atoms with E-state index in [4.69, 9.17) is 5.11 Å². The van der Waals surface area contributed by atoms with Crippen LogP contribution >= 0.6 is 0 Å². The van der Waals surface area contributed by atoms with Crippen LogP contribution in [0.4, 0.5) is 5.69 Å². The Hall–Kier alpha value is -3.21. The Morgan fingerprint density at radius 2 is 1.72 bits per heavy atom. The van der Waals surface area contributed by atoms with Gasteiger partial charge in [0.05, 0.1) is 17.6 Å². The summed E-state index contributed by atoms with van der Waals surface area (Å²) in [4.78, 5) is 28.0. The van der Waals surface area contributed by atoms with Crippen molar-refractivity contribution in [1.29, 1.82) is 0 Å². The maximum absolute atomic E-state index is 12.5. The highest BCUT2D eigenvalue weighted by molar-refractivity contribution is 6.00. The van der Waals surface area contributed by atoms with E-state index in [1.54, 1.807) is 12.3 Å². The Labute approximate surface area is 145 Å². The summed E-state index contributed by atoms with van der Waals surface area (Å²) in [5.41, 5.74) is 2.19. The summed E-state index contributed by atoms with van der Waals surface area (Å²) in [6, 6.07) is 18.6. The average molecular weight is 334 g/mol. The van der Waals surface area contributed by atoms with Crippen molar-refractivity contribution in [2.24, 2.45) is 0 Å². The minimum absolute atomic E-state index is 0.0920. The molecule has 0 spiro atoms. The standard InChI is InChI=1S/C20H18N2O3/c23-18(12-16(13-19(24)25)14-6-2-1-3-7-14)22-17-10-4-8-15-9-5-11-21-20(15)17/h1-11,16H,12-13H2,(H,22,23)(H,24,25)/t16-/m0/s1. The summed E-state index contributed by atoms with van der Waals surface area (Å²) >= 11 is 0. The van der Waals surface area contributed by atoms with Gasteiger partial charge in [-0.1, -0.05) is 48.5 Å². The topological polar surface area (TPSA) is 79.3 Å². The molecule has 3 rings (SSSR count). The summed E-state index contributed by atoms with van der Waals surface area (Å²) in [6.07, 6.45) is 1.68. The lowest BCUT2D eigenvalue weighted by molar-refractivity contribution is -0.137. The van der Waals surface area contributed by atoms with Gasteiger partial charge in [-0.05, 0) is 17.7 Å². The molecule has 0 aliphatic carbocycles. The van der Waals surface area contributed by atoms with Gasteiger partial charge in [0.25, 0.3) is 0 Å². The molecule has 0 aliphatic heterocycles. The number of carbonyl (C=O) groups excluding carboxylic acids is 1. The summed E-state index contributed by atoms with van der Waals surface area (Å²) in [5.74, 6) is -1.52. The van der Waals surface area contributed by atoms with Crippen molar-refractivity contribution in [3.8, 4) is 0 Å². The Morgan fingerprint density at radius 1 is 0.960 bits per heavy atom. The normalized spacial score (nSPS) is 11.8. The van der Waals surface area contributed by atoms with Gasteiger partial charge in [-0.2, -0.15) is 0 Å². The number of carboxylic acid groups (broad SMARTS) is 1. The lowest BCUT2D eigenvalue weighted by atomic mass is 9.92. The van der Waals surface area contributed by atoms with Crippen LogP contribution in [0.15, 0.2) is 66.9 Å². The van der Waals surface area contributed by atoms with E-state index in [-0.39, 0.29) is 24.7 Å². The molecule has 1 amide bonds. The first-order valence-electron chi connectivity index (χ1n) is 8.04. The molecule has 1 atom stereocenters. The molecule has 5 heteroatoms. The van der Waals surface area contributed by atoms with Gasteiger partial charge in [-0.25, -0.2) is 0 Å². The molecule has 0 fully saturated rings. The first-order chi connectivity index (χ1) is 12.1. The van der Waals surface area contributed by atoms with Crippen molar-refractivity contribution in [2.45, 2.75) is 18.8 Å². The number of nitrogens with one attached hydrogen (secondary N) is 1. The Morgan fingerprint density at radius 3 is 2.48 bits per heavy atom. The van der Waals surface area contributed by atoms with Gasteiger partial charge in [0.2, 0.25) is 5.91 Å². The highest BCUT2D eigenvalue weighted by Gasteiger charge is 2.19. The van der Waals surface area contributed by atoms with Crippen molar-refractivity contribution >= 4 is 28.5 Å². The first-order valence-corrected chi connectivity index (χ1v) is 8.04. The molecule has 5 nitrogen and oxygen atoms in total. The van der Waals surface area contributed by atoms with E-state index in [1.165, 1.54) is 0 Å². The zero-order chi connectivity index (χ0) is 17.6. The molecule has 2 aromatic carbocycles. The second kappa shape index (κ2) is 7.57. The van der Waals surface area contributed by atoms with Crippen LogP contribution in [0, 0.1) is 0 Å². The minimum Gasteiger partial charge on any atom is -0.481 e. The van der Waals surface area contributed by atoms with Crippen molar-refractivity contribution in [3.63, 3.8) is 0 Å². The average Bonchev–Trinajstić information content (AvgIpc) is 2.62. The largest absolute Gasteiger partial charge is 0.481 e. The number of carbonyl (C=O) groups is 2. The highest BCUT2D eigenvalue weighted by Crippen LogP contribution is 2.25. The van der Waals surface area contributed by atoms with E-state index >= 15 is 0 Å². The number of rotatable bonds is 6. The molecule has 1 aromatic heterocycles. The fourth-order valence-electron chi connectivity index (χ4n) is 2.87. The quantitative estimate of drug-likeness (QED) is 0.718. The van der Waals surface area contributed by atoms with Gasteiger partial charge in [-0.15, -0.1) is 0 Å². The lowest BCUT2D eigenvalue weighted by Gasteiger charge is -2.15. The molecular weight excluding hydrogens is 316 g/mol. The smallest absolute Gasteiger partial charge is 0.303 e. The fraction of sp³-hybridized carbons (Fsp3) is 0.150. The molecule has 0 bridgehead atoms. The number of anilines is 1. The van der Waals surface area contributed by atoms with E-state index in [0.29, 0.717) is 11.2 Å². The van der Waals surface area contributed by atoms with Crippen LogP contribution in [0.5, 0.6) is 0 Å². The number of benzene rings is 2. The number of fused-ring (bicyclic) bond motifs is 1. The van der Waals surface area contributed by atoms with Gasteiger partial charge >= 0.3 is 5.97 Å². The van der Waals surface area contributed by atoms with E-state index < -0.39 is 5.97 Å². The van der Waals surface area contributed by atoms with E-state index in [0.717, 1.165) is 10.9 Å². The summed E-state index contributed by atoms with van der Waals surface area (Å²) in [5, 5.41) is 12.9. The van der Waals surface area contributed by atoms with Crippen molar-refractivity contribution in [2.75, 3.05) is 5.32 Å². The molecule has 3 aromatic rings. The number of aromatic nitrogens is 1. The Kier molecular flexibility index (Phi) is 5.04. The van der Waals surface area contributed by atoms with Crippen LogP contribution in [0.25, 0.3) is 10.9 Å². The van der Waals surface area contributed by atoms with Crippen molar-refractivity contribution < 1.29 is 14.7 Å². The molecule has 0 unspecified atom stereocenters. The van der Waals surface area contributed by atoms with Gasteiger partial charge in [-0.3, -0.25) is 14.6 Å². The molecule has 0 aliphatic rings. The van der Waals surface area contributed by atoms with E-state index in [2.05, 4.69) is 10.3 Å². The predicted octanol–water partition coefficient (Wildman–Crippen LogP) is 3.82. The predicted molar refractivity (Wildman–Crippen MR) is 96.4 cm³/mol. The molecule has 1 heterocycles. The van der Waals surface area contributed by atoms with E-state index in [9.17, 15) is 9.59 Å². The summed E-state index contributed by atoms with van der Waals surface area (Å²) in [6.45, 7) is 0. The molecule has 0 saturated heterocycles. The monoisotopic (exact) mass is 334 g/mol. The zero-order valence-electron chi connectivity index (χ0n) is 13.6. The maximum Gasteiger partial charge on any atom is 0.303 e. The third-order valence-corrected chi connectivity index (χ3v) is 4.03. The minimum atomic E-state index is -0.923. The van der Waals surface area contributed by atoms with Crippen molar-refractivity contribution in [1.82, 2.24) is 4.98 Å². The zero-order valence-corrected chi connectivity index (χ0v) is 13.6. The van der Waals surface area contributed by atoms with Crippen LogP contribution in [-0.2, 0) is 9.59 Å². The number of aliphatic carboxylic acids is 1. The number of nitrogens with zero attached hydrogens (tertiary/aromatic N) is 1. The number of para-hydroxylation sites is 1. The Bertz CT molecular complexity index is 888. The maximum atomic E-state index is 12.5. The number of hydrogen-bond acceptors (Lipinski definition) is 3. The van der Waals surface area contributed by atoms with Crippen molar-refractivity contribution in [3.05, 3.63) is 72.4 Å². The van der Waals surface area contributed by atoms with Gasteiger partial charge in [0.15, 0.2) is 0 Å². The molecular formula is C20H18N2O3. The van der Waals surface area contributed by atoms with Gasteiger partial charge in [0, 0.05) is 23.9 Å². The van der Waals surface area contributed by atoms with E-state index in [1.807, 2.05) is 54.6 Å². The van der Waals surface area contributed by atoms with Crippen LogP contribution in [0.3, 0.4) is 0 Å². The first kappa shape index (κ1) is 16.6. The van der Waals surface area contributed by atoms with Gasteiger partial charge in [0.1, 0.15) is 0 Å². The van der Waals surface area contributed by atoms with Gasteiger partial charge < -0.3 is 10.4 Å². The third kappa shape index (κ3) is 4.20. The van der Waals surface area contributed by atoms with Crippen LogP contribution in [0.1, 0.15) is 24.3 Å². The molecule has 2 N–H and O–H groups in total. The molecule has 0 saturated carbocycles. The Balaban J connectivity index is 1.78. The molecule has 126 valence electrons. The number of pyridine rings is 1. The summed E-state index contributed by atoms with van der Waals surface area (Å²) < 4.78 is 0. The van der Waals surface area contributed by atoms with Crippen LogP contribution < -0.4 is 5.32 Å².